The van der Waals surface area contributed by atoms with Crippen molar-refractivity contribution in [1.82, 2.24) is 9.55 Å². The van der Waals surface area contributed by atoms with Crippen LogP contribution in [0.2, 0.25) is 0 Å². The van der Waals surface area contributed by atoms with Gasteiger partial charge in [-0.3, -0.25) is 45.0 Å². The molecule has 35 heavy (non-hydrogen) atoms. The molecule has 2 N–H and O–H groups in total. The summed E-state index contributed by atoms with van der Waals surface area (Å²) >= 11 is 0. The van der Waals surface area contributed by atoms with Crippen molar-refractivity contribution in [2.24, 2.45) is 0 Å². The molecule has 17 nitrogen and oxygen atoms in total. The van der Waals surface area contributed by atoms with Crippen molar-refractivity contribution in [2.75, 3.05) is 5.32 Å². The number of nitrogens with zero attached hydrogens (tertiary/aromatic N) is 6. The number of hydrogen-bond acceptors (Lipinski definition) is 11. The first-order chi connectivity index (χ1) is 16.5. The number of nitro groups is 4. The van der Waals surface area contributed by atoms with Crippen LogP contribution >= 0.6 is 0 Å². The Kier molecular flexibility index (Phi) is 6.60. The summed E-state index contributed by atoms with van der Waals surface area (Å²) in [7, 11) is 0. The predicted molar refractivity (Wildman–Crippen MR) is 115 cm³/mol. The fourth-order valence-electron chi connectivity index (χ4n) is 3.09. The summed E-state index contributed by atoms with van der Waals surface area (Å²) in [5.74, 6) is -1.42. The summed E-state index contributed by atoms with van der Waals surface area (Å²) in [5.41, 5.74) is -2.58. The number of nitrogens with one attached hydrogen (secondary N) is 1. The predicted octanol–water partition coefficient (Wildman–Crippen LogP) is 2.61. The van der Waals surface area contributed by atoms with Crippen LogP contribution in [-0.4, -0.2) is 46.4 Å². The van der Waals surface area contributed by atoms with E-state index in [4.69, 9.17) is 0 Å². The summed E-state index contributed by atoms with van der Waals surface area (Å²) in [6.45, 7) is 0. The van der Waals surface area contributed by atoms with E-state index in [2.05, 4.69) is 10.3 Å². The highest BCUT2D eigenvalue weighted by Gasteiger charge is 2.26. The average Bonchev–Trinajstić information content (AvgIpc) is 3.26. The SMILES string of the molecule is O=C(O)[C@H](Cc1cn(-c2ccc([N+](=O)[O-])cc2[N+](=O)[O-])cn1)Nc1ccc([N+](=O)[O-])cc1[N+](=O)[O-]. The molecular formula is C18H13N7O10. The summed E-state index contributed by atoms with van der Waals surface area (Å²) in [6, 6.07) is 4.15. The number of imidazole rings is 1. The number of nitro benzene ring substituents is 4. The third-order valence-electron chi connectivity index (χ3n) is 4.71. The fourth-order valence-corrected chi connectivity index (χ4v) is 3.09. The van der Waals surface area contributed by atoms with Crippen LogP contribution in [0.4, 0.5) is 28.4 Å². The highest BCUT2D eigenvalue weighted by molar-refractivity contribution is 5.79. The van der Waals surface area contributed by atoms with E-state index in [0.29, 0.717) is 6.07 Å². The van der Waals surface area contributed by atoms with Crippen molar-refractivity contribution in [3.8, 4) is 5.69 Å². The molecule has 1 heterocycles. The average molecular weight is 487 g/mol. The molecule has 0 fully saturated rings. The third-order valence-corrected chi connectivity index (χ3v) is 4.71. The van der Waals surface area contributed by atoms with Gasteiger partial charge in [-0.1, -0.05) is 0 Å². The van der Waals surface area contributed by atoms with Crippen LogP contribution in [0.3, 0.4) is 0 Å². The van der Waals surface area contributed by atoms with E-state index in [-0.39, 0.29) is 23.5 Å². The molecule has 3 aromatic rings. The van der Waals surface area contributed by atoms with Gasteiger partial charge in [0.15, 0.2) is 0 Å². The van der Waals surface area contributed by atoms with Gasteiger partial charge in [-0.15, -0.1) is 0 Å². The first-order valence-electron chi connectivity index (χ1n) is 9.36. The standard InChI is InChI=1S/C18H13N7O10/c26-18(27)14(20-13-3-1-11(22(28)29)6-16(13)24(32)33)5-10-8-21(9-19-10)15-4-2-12(23(30)31)7-17(15)25(34)35/h1-4,6-9,14,20H,5H2,(H,26,27)/t14-/m0/s1. The number of anilines is 1. The Morgan fingerprint density at radius 1 is 0.914 bits per heavy atom. The first kappa shape index (κ1) is 24.2. The molecule has 1 atom stereocenters. The Hall–Kier alpha value is -5.48. The second kappa shape index (κ2) is 9.57. The number of hydrogen-bond donors (Lipinski definition) is 2. The topological polar surface area (TPSA) is 240 Å². The molecule has 0 saturated carbocycles. The van der Waals surface area contributed by atoms with Crippen molar-refractivity contribution >= 4 is 34.4 Å². The van der Waals surface area contributed by atoms with Crippen LogP contribution in [-0.2, 0) is 11.2 Å². The van der Waals surface area contributed by atoms with Gasteiger partial charge in [-0.2, -0.15) is 0 Å². The van der Waals surface area contributed by atoms with Crippen LogP contribution in [0.5, 0.6) is 0 Å². The van der Waals surface area contributed by atoms with Gasteiger partial charge >= 0.3 is 5.97 Å². The molecule has 0 radical (unpaired) electrons. The van der Waals surface area contributed by atoms with E-state index < -0.39 is 54.5 Å². The van der Waals surface area contributed by atoms with Crippen molar-refractivity contribution in [2.45, 2.75) is 12.5 Å². The molecule has 0 amide bonds. The van der Waals surface area contributed by atoms with E-state index in [1.54, 1.807) is 0 Å². The number of carbonyl (C=O) groups is 1. The number of aliphatic carboxylic acids is 1. The Balaban J connectivity index is 1.90. The minimum atomic E-state index is -1.47. The first-order valence-corrected chi connectivity index (χ1v) is 9.36. The van der Waals surface area contributed by atoms with Gasteiger partial charge < -0.3 is 10.4 Å². The summed E-state index contributed by atoms with van der Waals surface area (Å²) in [6.07, 6.45) is 2.06. The number of aromatic nitrogens is 2. The molecule has 0 bridgehead atoms. The maximum Gasteiger partial charge on any atom is 0.326 e. The molecule has 1 aromatic heterocycles. The molecule has 0 saturated heterocycles. The lowest BCUT2D eigenvalue weighted by Gasteiger charge is -2.14. The highest BCUT2D eigenvalue weighted by Crippen LogP contribution is 2.30. The van der Waals surface area contributed by atoms with Crippen molar-refractivity contribution in [3.05, 3.63) is 95.1 Å². The smallest absolute Gasteiger partial charge is 0.326 e. The van der Waals surface area contributed by atoms with E-state index >= 15 is 0 Å². The normalized spacial score (nSPS) is 11.4. The van der Waals surface area contributed by atoms with Gasteiger partial charge in [0, 0.05) is 24.8 Å². The maximum atomic E-state index is 11.8. The lowest BCUT2D eigenvalue weighted by molar-refractivity contribution is -0.394. The van der Waals surface area contributed by atoms with Gasteiger partial charge in [0.1, 0.15) is 17.4 Å². The number of rotatable bonds is 10. The molecule has 180 valence electrons. The number of carboxylic acids is 1. The lowest BCUT2D eigenvalue weighted by Crippen LogP contribution is -2.32. The lowest BCUT2D eigenvalue weighted by atomic mass is 10.1. The summed E-state index contributed by atoms with van der Waals surface area (Å²) in [5, 5.41) is 56.5. The number of benzene rings is 2. The van der Waals surface area contributed by atoms with Gasteiger partial charge in [0.25, 0.3) is 22.7 Å². The van der Waals surface area contributed by atoms with Gasteiger partial charge in [-0.05, 0) is 12.1 Å². The Labute approximate surface area is 192 Å². The Morgan fingerprint density at radius 3 is 2.03 bits per heavy atom. The highest BCUT2D eigenvalue weighted by atomic mass is 16.6. The van der Waals surface area contributed by atoms with E-state index in [0.717, 1.165) is 36.7 Å². The zero-order valence-electron chi connectivity index (χ0n) is 17.2. The van der Waals surface area contributed by atoms with Gasteiger partial charge in [-0.25, -0.2) is 9.78 Å². The van der Waals surface area contributed by atoms with E-state index in [9.17, 15) is 50.4 Å². The molecule has 0 aliphatic carbocycles. The fraction of sp³-hybridized carbons (Fsp3) is 0.111. The van der Waals surface area contributed by atoms with Crippen LogP contribution in [0.15, 0.2) is 48.9 Å². The minimum absolute atomic E-state index is 0.0646. The van der Waals surface area contributed by atoms with Crippen molar-refractivity contribution in [1.29, 1.82) is 0 Å². The zero-order valence-corrected chi connectivity index (χ0v) is 17.2. The van der Waals surface area contributed by atoms with Crippen LogP contribution in [0.25, 0.3) is 5.69 Å². The molecule has 3 rings (SSSR count). The van der Waals surface area contributed by atoms with E-state index in [1.165, 1.54) is 10.8 Å². The quantitative estimate of drug-likeness (QED) is 0.310. The monoisotopic (exact) mass is 487 g/mol. The molecule has 0 aliphatic rings. The van der Waals surface area contributed by atoms with Crippen molar-refractivity contribution < 1.29 is 29.6 Å². The largest absolute Gasteiger partial charge is 0.480 e. The van der Waals surface area contributed by atoms with Crippen LogP contribution < -0.4 is 5.32 Å². The summed E-state index contributed by atoms with van der Waals surface area (Å²) < 4.78 is 1.17. The van der Waals surface area contributed by atoms with Gasteiger partial charge in [0.05, 0.1) is 43.8 Å². The maximum absolute atomic E-state index is 11.8. The molecule has 0 aliphatic heterocycles. The minimum Gasteiger partial charge on any atom is -0.480 e. The Bertz CT molecular complexity index is 1370. The second-order valence-corrected chi connectivity index (χ2v) is 6.91. The Morgan fingerprint density at radius 2 is 1.49 bits per heavy atom. The number of carboxylic acid groups (broad SMARTS) is 1. The zero-order chi connectivity index (χ0) is 25.9. The van der Waals surface area contributed by atoms with Crippen LogP contribution in [0, 0.1) is 40.5 Å². The second-order valence-electron chi connectivity index (χ2n) is 6.91. The van der Waals surface area contributed by atoms with Crippen LogP contribution in [0.1, 0.15) is 5.69 Å². The van der Waals surface area contributed by atoms with E-state index in [1.807, 2.05) is 0 Å². The molecule has 0 unspecified atom stereocenters. The third kappa shape index (κ3) is 5.30. The summed E-state index contributed by atoms with van der Waals surface area (Å²) in [4.78, 5) is 56.8. The number of non-ortho nitro benzene ring substituents is 2. The molecule has 2 aromatic carbocycles. The van der Waals surface area contributed by atoms with Gasteiger partial charge in [0.2, 0.25) is 0 Å². The molecular weight excluding hydrogens is 474 g/mol. The molecule has 17 heteroatoms. The van der Waals surface area contributed by atoms with Crippen molar-refractivity contribution in [3.63, 3.8) is 0 Å². The molecule has 0 spiro atoms.